The van der Waals surface area contributed by atoms with E-state index >= 15 is 0 Å². The van der Waals surface area contributed by atoms with Crippen molar-refractivity contribution in [2.24, 2.45) is 11.3 Å². The van der Waals surface area contributed by atoms with Crippen molar-refractivity contribution in [2.75, 3.05) is 6.54 Å². The second-order valence-electron chi connectivity index (χ2n) is 10.9. The van der Waals surface area contributed by atoms with Crippen molar-refractivity contribution in [2.45, 2.75) is 105 Å². The molecule has 0 aliphatic carbocycles. The second-order valence-corrected chi connectivity index (χ2v) is 10.9. The number of ether oxygens (including phenoxy) is 2. The number of hydrogen-bond acceptors (Lipinski definition) is 5. The van der Waals surface area contributed by atoms with Crippen LogP contribution in [0, 0.1) is 11.3 Å². The van der Waals surface area contributed by atoms with Crippen molar-refractivity contribution in [3.63, 3.8) is 0 Å². The first kappa shape index (κ1) is 25.2. The first-order valence-corrected chi connectivity index (χ1v) is 10.5. The van der Waals surface area contributed by atoms with Gasteiger partial charge in [0, 0.05) is 6.54 Å². The molecule has 0 aromatic heterocycles. The molecule has 7 nitrogen and oxygen atoms in total. The van der Waals surface area contributed by atoms with Crippen molar-refractivity contribution in [1.29, 1.82) is 0 Å². The van der Waals surface area contributed by atoms with Crippen molar-refractivity contribution in [3.8, 4) is 0 Å². The van der Waals surface area contributed by atoms with Crippen molar-refractivity contribution in [1.82, 2.24) is 10.2 Å². The number of alkyl carbamates (subject to hydrolysis) is 1. The summed E-state index contributed by atoms with van der Waals surface area (Å²) in [5.74, 6) is -0.633. The standard InChI is InChI=1S/C22H40N2O5/c1-11-14-12-13-24(15(14)18(26)28-21(5,6)7)17(25)16(20(2,3)4)23-19(27)29-22(8,9)10/h14-16H,11-13H2,1-10H3,(H,23,27)/t14-,15+,16-/m1/s1. The Hall–Kier alpha value is -1.79. The van der Waals surface area contributed by atoms with Gasteiger partial charge in [-0.15, -0.1) is 0 Å². The summed E-state index contributed by atoms with van der Waals surface area (Å²) in [6.07, 6.45) is 0.855. The molecule has 168 valence electrons. The van der Waals surface area contributed by atoms with Gasteiger partial charge >= 0.3 is 12.1 Å². The fourth-order valence-corrected chi connectivity index (χ4v) is 3.45. The fourth-order valence-electron chi connectivity index (χ4n) is 3.45. The van der Waals surface area contributed by atoms with Crippen LogP contribution in [0.4, 0.5) is 4.79 Å². The van der Waals surface area contributed by atoms with Crippen LogP contribution < -0.4 is 5.32 Å². The molecule has 0 aromatic rings. The van der Waals surface area contributed by atoms with Crippen molar-refractivity contribution < 1.29 is 23.9 Å². The third-order valence-corrected chi connectivity index (χ3v) is 4.75. The van der Waals surface area contributed by atoms with Crippen LogP contribution in [0.1, 0.15) is 82.1 Å². The maximum atomic E-state index is 13.5. The quantitative estimate of drug-likeness (QED) is 0.708. The molecule has 1 N–H and O–H groups in total. The van der Waals surface area contributed by atoms with Gasteiger partial charge in [0.05, 0.1) is 0 Å². The minimum Gasteiger partial charge on any atom is -0.458 e. The lowest BCUT2D eigenvalue weighted by Crippen LogP contribution is -2.58. The number of amides is 2. The minimum absolute atomic E-state index is 0.0379. The highest BCUT2D eigenvalue weighted by molar-refractivity contribution is 5.91. The minimum atomic E-state index is -0.821. The highest BCUT2D eigenvalue weighted by atomic mass is 16.6. The van der Waals surface area contributed by atoms with E-state index in [1.54, 1.807) is 25.7 Å². The molecule has 0 bridgehead atoms. The predicted octanol–water partition coefficient (Wildman–Crippen LogP) is 3.89. The van der Waals surface area contributed by atoms with Gasteiger partial charge in [-0.2, -0.15) is 0 Å². The lowest BCUT2D eigenvalue weighted by molar-refractivity contribution is -0.165. The van der Waals surface area contributed by atoms with E-state index in [0.717, 1.165) is 12.8 Å². The number of esters is 1. The van der Waals surface area contributed by atoms with E-state index in [-0.39, 0.29) is 17.8 Å². The largest absolute Gasteiger partial charge is 0.458 e. The van der Waals surface area contributed by atoms with E-state index in [4.69, 9.17) is 9.47 Å². The summed E-state index contributed by atoms with van der Waals surface area (Å²) in [6.45, 7) is 18.9. The zero-order valence-electron chi connectivity index (χ0n) is 19.8. The zero-order chi connectivity index (χ0) is 22.8. The van der Waals surface area contributed by atoms with E-state index in [1.165, 1.54) is 0 Å². The topological polar surface area (TPSA) is 84.9 Å². The average Bonchev–Trinajstić information content (AvgIpc) is 2.91. The molecular weight excluding hydrogens is 372 g/mol. The molecular formula is C22H40N2O5. The Bertz CT molecular complexity index is 610. The van der Waals surface area contributed by atoms with Crippen LogP contribution in [0.25, 0.3) is 0 Å². The molecule has 0 aromatic carbocycles. The summed E-state index contributed by atoms with van der Waals surface area (Å²) in [4.78, 5) is 40.3. The highest BCUT2D eigenvalue weighted by Crippen LogP contribution is 2.32. The Kier molecular flexibility index (Phi) is 7.77. The predicted molar refractivity (Wildman–Crippen MR) is 112 cm³/mol. The van der Waals surface area contributed by atoms with Crippen LogP contribution in [0.3, 0.4) is 0 Å². The summed E-state index contributed by atoms with van der Waals surface area (Å²) < 4.78 is 10.9. The Morgan fingerprint density at radius 1 is 0.966 bits per heavy atom. The number of rotatable bonds is 4. The molecule has 1 heterocycles. The van der Waals surface area contributed by atoms with E-state index < -0.39 is 34.8 Å². The molecule has 1 rings (SSSR count). The summed E-state index contributed by atoms with van der Waals surface area (Å²) in [5.41, 5.74) is -1.86. The van der Waals surface area contributed by atoms with Crippen LogP contribution in [-0.2, 0) is 19.1 Å². The van der Waals surface area contributed by atoms with Gasteiger partial charge < -0.3 is 19.7 Å². The van der Waals surface area contributed by atoms with Crippen LogP contribution in [-0.4, -0.2) is 52.7 Å². The van der Waals surface area contributed by atoms with Crippen molar-refractivity contribution >= 4 is 18.0 Å². The molecule has 2 amide bonds. The molecule has 0 saturated carbocycles. The molecule has 29 heavy (non-hydrogen) atoms. The summed E-state index contributed by atoms with van der Waals surface area (Å²) in [5, 5.41) is 2.73. The lowest BCUT2D eigenvalue weighted by Gasteiger charge is -2.36. The lowest BCUT2D eigenvalue weighted by atomic mass is 9.85. The molecule has 0 spiro atoms. The normalized spacial score (nSPS) is 21.5. The molecule has 0 unspecified atom stereocenters. The number of nitrogens with zero attached hydrogens (tertiary/aromatic N) is 1. The maximum absolute atomic E-state index is 13.5. The first-order chi connectivity index (χ1) is 13.0. The molecule has 1 saturated heterocycles. The Morgan fingerprint density at radius 2 is 1.48 bits per heavy atom. The summed E-state index contributed by atoms with van der Waals surface area (Å²) in [6, 6.07) is -1.46. The number of likely N-dealkylation sites (tertiary alicyclic amines) is 1. The Labute approximate surface area is 175 Å². The fraction of sp³-hybridized carbons (Fsp3) is 0.864. The number of hydrogen-bond donors (Lipinski definition) is 1. The van der Waals surface area contributed by atoms with Gasteiger partial charge in [-0.05, 0) is 59.3 Å². The highest BCUT2D eigenvalue weighted by Gasteiger charge is 2.47. The summed E-state index contributed by atoms with van der Waals surface area (Å²) >= 11 is 0. The number of carbonyl (C=O) groups is 3. The van der Waals surface area contributed by atoms with Crippen LogP contribution in [0.5, 0.6) is 0 Å². The molecule has 1 fully saturated rings. The smallest absolute Gasteiger partial charge is 0.408 e. The molecule has 1 aliphatic rings. The summed E-state index contributed by atoms with van der Waals surface area (Å²) in [7, 11) is 0. The molecule has 3 atom stereocenters. The Balaban J connectivity index is 3.12. The first-order valence-electron chi connectivity index (χ1n) is 10.5. The van der Waals surface area contributed by atoms with Gasteiger partial charge in [0.25, 0.3) is 0 Å². The van der Waals surface area contributed by atoms with Crippen LogP contribution in [0.2, 0.25) is 0 Å². The number of carbonyl (C=O) groups excluding carboxylic acids is 3. The Morgan fingerprint density at radius 3 is 1.90 bits per heavy atom. The SMILES string of the molecule is CC[C@@H]1CCN(C(=O)[C@@H](NC(=O)OC(C)(C)C)C(C)(C)C)[C@@H]1C(=O)OC(C)(C)C. The van der Waals surface area contributed by atoms with Gasteiger partial charge in [-0.1, -0.05) is 34.1 Å². The van der Waals surface area contributed by atoms with Gasteiger partial charge in [0.15, 0.2) is 0 Å². The van der Waals surface area contributed by atoms with E-state index in [9.17, 15) is 14.4 Å². The van der Waals surface area contributed by atoms with Crippen LogP contribution >= 0.6 is 0 Å². The van der Waals surface area contributed by atoms with E-state index in [2.05, 4.69) is 5.32 Å². The van der Waals surface area contributed by atoms with Gasteiger partial charge in [-0.25, -0.2) is 9.59 Å². The molecule has 0 radical (unpaired) electrons. The number of nitrogens with one attached hydrogen (secondary N) is 1. The van der Waals surface area contributed by atoms with Gasteiger partial charge in [-0.3, -0.25) is 4.79 Å². The van der Waals surface area contributed by atoms with E-state index in [1.807, 2.05) is 48.5 Å². The third kappa shape index (κ3) is 7.52. The van der Waals surface area contributed by atoms with Gasteiger partial charge in [0.2, 0.25) is 5.91 Å². The second kappa shape index (κ2) is 8.92. The monoisotopic (exact) mass is 412 g/mol. The molecule has 7 heteroatoms. The van der Waals surface area contributed by atoms with Gasteiger partial charge in [0.1, 0.15) is 23.3 Å². The molecule has 1 aliphatic heterocycles. The zero-order valence-corrected chi connectivity index (χ0v) is 19.8. The third-order valence-electron chi connectivity index (χ3n) is 4.75. The van der Waals surface area contributed by atoms with E-state index in [0.29, 0.717) is 6.54 Å². The van der Waals surface area contributed by atoms with Crippen LogP contribution in [0.15, 0.2) is 0 Å². The van der Waals surface area contributed by atoms with Crippen molar-refractivity contribution in [3.05, 3.63) is 0 Å². The maximum Gasteiger partial charge on any atom is 0.408 e. The average molecular weight is 413 g/mol.